The molecule has 0 fully saturated rings. The Balaban J connectivity index is 1.45. The van der Waals surface area contributed by atoms with Crippen LogP contribution in [0.5, 0.6) is 0 Å². The van der Waals surface area contributed by atoms with Gasteiger partial charge in [-0.1, -0.05) is 11.6 Å². The average Bonchev–Trinajstić information content (AvgIpc) is 3.23. The summed E-state index contributed by atoms with van der Waals surface area (Å²) in [5, 5.41) is 7.73. The highest BCUT2D eigenvalue weighted by molar-refractivity contribution is 7.13. The second kappa shape index (κ2) is 10.2. The van der Waals surface area contributed by atoms with Crippen molar-refractivity contribution in [2.45, 2.75) is 38.4 Å². The van der Waals surface area contributed by atoms with E-state index < -0.39 is 34.6 Å². The lowest BCUT2D eigenvalue weighted by Crippen LogP contribution is -2.29. The third-order valence-electron chi connectivity index (χ3n) is 5.24. The molecule has 14 heteroatoms. The standard InChI is InChI=1S/C22H18ClF3N6O3S/c1-10(30-20(35)17-12-3-2-4-16(33)32-18(12)29-9-28-17)21-27-8-15(36-21)19(34)31-11-5-6-14(23)13(7-11)22(24,25)26/h5-10H,2-4H2,1H3,(H,30,35)(H,31,34)(H,28,29,32,33)/t10-/m0/s1. The molecular formula is C22H18ClF3N6O3S. The first-order valence-electron chi connectivity index (χ1n) is 10.6. The zero-order chi connectivity index (χ0) is 26.0. The van der Waals surface area contributed by atoms with E-state index in [4.69, 9.17) is 11.6 Å². The number of hydrogen-bond donors (Lipinski definition) is 3. The molecule has 3 aromatic rings. The van der Waals surface area contributed by atoms with E-state index in [-0.39, 0.29) is 22.2 Å². The van der Waals surface area contributed by atoms with Crippen molar-refractivity contribution in [1.29, 1.82) is 0 Å². The number of nitrogens with one attached hydrogen (secondary N) is 3. The van der Waals surface area contributed by atoms with Gasteiger partial charge < -0.3 is 16.0 Å². The van der Waals surface area contributed by atoms with E-state index in [1.54, 1.807) is 6.92 Å². The summed E-state index contributed by atoms with van der Waals surface area (Å²) < 4.78 is 39.2. The zero-order valence-corrected chi connectivity index (χ0v) is 20.1. The molecule has 9 nitrogen and oxygen atoms in total. The summed E-state index contributed by atoms with van der Waals surface area (Å²) in [6, 6.07) is 2.45. The number of alkyl halides is 3. The van der Waals surface area contributed by atoms with Crippen molar-refractivity contribution < 1.29 is 27.6 Å². The van der Waals surface area contributed by atoms with E-state index in [0.29, 0.717) is 35.7 Å². The summed E-state index contributed by atoms with van der Waals surface area (Å²) in [5.41, 5.74) is -0.477. The topological polar surface area (TPSA) is 126 Å². The number of hydrogen-bond acceptors (Lipinski definition) is 7. The molecule has 0 radical (unpaired) electrons. The van der Waals surface area contributed by atoms with Crippen LogP contribution in [-0.2, 0) is 17.4 Å². The lowest BCUT2D eigenvalue weighted by atomic mass is 10.1. The Morgan fingerprint density at radius 1 is 1.17 bits per heavy atom. The molecule has 0 spiro atoms. The van der Waals surface area contributed by atoms with E-state index in [2.05, 4.69) is 30.9 Å². The van der Waals surface area contributed by atoms with Gasteiger partial charge in [0.2, 0.25) is 5.91 Å². The highest BCUT2D eigenvalue weighted by Gasteiger charge is 2.33. The van der Waals surface area contributed by atoms with Crippen LogP contribution in [0.2, 0.25) is 5.02 Å². The summed E-state index contributed by atoms with van der Waals surface area (Å²) >= 11 is 6.59. The van der Waals surface area contributed by atoms with Gasteiger partial charge in [0.1, 0.15) is 27.7 Å². The predicted molar refractivity (Wildman–Crippen MR) is 126 cm³/mol. The summed E-state index contributed by atoms with van der Waals surface area (Å²) in [4.78, 5) is 49.6. The first-order valence-corrected chi connectivity index (χ1v) is 11.8. The molecule has 2 aromatic heterocycles. The summed E-state index contributed by atoms with van der Waals surface area (Å²) in [6.45, 7) is 1.66. The molecule has 1 atom stereocenters. The first kappa shape index (κ1) is 25.5. The monoisotopic (exact) mass is 538 g/mol. The molecule has 0 saturated carbocycles. The number of benzene rings is 1. The normalized spacial score (nSPS) is 14.3. The molecule has 1 aliphatic rings. The van der Waals surface area contributed by atoms with E-state index >= 15 is 0 Å². The van der Waals surface area contributed by atoms with E-state index in [1.807, 2.05) is 0 Å². The Labute approximate surface area is 211 Å². The lowest BCUT2D eigenvalue weighted by Gasteiger charge is -2.14. The fourth-order valence-electron chi connectivity index (χ4n) is 3.51. The Bertz CT molecular complexity index is 1350. The molecule has 0 aliphatic carbocycles. The number of amides is 3. The van der Waals surface area contributed by atoms with E-state index in [9.17, 15) is 27.6 Å². The Hall–Kier alpha value is -3.58. The van der Waals surface area contributed by atoms with Gasteiger partial charge in [-0.2, -0.15) is 13.2 Å². The minimum absolute atomic E-state index is 0.0791. The largest absolute Gasteiger partial charge is 0.417 e. The van der Waals surface area contributed by atoms with Crippen molar-refractivity contribution >= 4 is 52.2 Å². The number of carbonyl (C=O) groups excluding carboxylic acids is 3. The Morgan fingerprint density at radius 2 is 1.94 bits per heavy atom. The molecule has 4 rings (SSSR count). The lowest BCUT2D eigenvalue weighted by molar-refractivity contribution is -0.137. The fourth-order valence-corrected chi connectivity index (χ4v) is 4.55. The van der Waals surface area contributed by atoms with Crippen LogP contribution in [0.25, 0.3) is 0 Å². The number of halogens is 4. The smallest absolute Gasteiger partial charge is 0.342 e. The number of nitrogens with zero attached hydrogens (tertiary/aromatic N) is 3. The van der Waals surface area contributed by atoms with Crippen LogP contribution in [0.15, 0.2) is 30.7 Å². The van der Waals surface area contributed by atoms with Gasteiger partial charge in [0.25, 0.3) is 11.8 Å². The van der Waals surface area contributed by atoms with Crippen molar-refractivity contribution in [1.82, 2.24) is 20.3 Å². The van der Waals surface area contributed by atoms with Gasteiger partial charge in [-0.25, -0.2) is 15.0 Å². The maximum atomic E-state index is 13.1. The molecule has 3 amide bonds. The summed E-state index contributed by atoms with van der Waals surface area (Å²) in [5.74, 6) is -1.05. The highest BCUT2D eigenvalue weighted by Crippen LogP contribution is 2.36. The number of thiazole rings is 1. The fraction of sp³-hybridized carbons (Fsp3) is 0.273. The van der Waals surface area contributed by atoms with Gasteiger partial charge >= 0.3 is 6.18 Å². The van der Waals surface area contributed by atoms with Crippen molar-refractivity contribution in [3.8, 4) is 0 Å². The third kappa shape index (κ3) is 5.62. The first-order chi connectivity index (χ1) is 17.0. The quantitative estimate of drug-likeness (QED) is 0.435. The third-order valence-corrected chi connectivity index (χ3v) is 6.75. The minimum Gasteiger partial charge on any atom is -0.342 e. The van der Waals surface area contributed by atoms with Crippen LogP contribution in [0, 0.1) is 0 Å². The molecule has 0 bridgehead atoms. The van der Waals surface area contributed by atoms with Crippen LogP contribution in [0.3, 0.4) is 0 Å². The van der Waals surface area contributed by atoms with Gasteiger partial charge in [0.15, 0.2) is 0 Å². The van der Waals surface area contributed by atoms with E-state index in [0.717, 1.165) is 23.5 Å². The zero-order valence-electron chi connectivity index (χ0n) is 18.6. The van der Waals surface area contributed by atoms with Gasteiger partial charge in [-0.3, -0.25) is 14.4 Å². The Kier molecular flexibility index (Phi) is 7.22. The van der Waals surface area contributed by atoms with Crippen molar-refractivity contribution in [2.24, 2.45) is 0 Å². The molecule has 1 aromatic carbocycles. The number of anilines is 2. The molecule has 3 heterocycles. The SMILES string of the molecule is C[C@H](NC(=O)c1ncnc2c1CCCC(=O)N2)c1ncc(C(=O)Nc2ccc(Cl)c(C(F)(F)F)c2)s1. The van der Waals surface area contributed by atoms with Crippen LogP contribution in [0.4, 0.5) is 24.7 Å². The second-order valence-corrected chi connectivity index (χ2v) is 9.33. The summed E-state index contributed by atoms with van der Waals surface area (Å²) in [7, 11) is 0. The molecule has 188 valence electrons. The maximum absolute atomic E-state index is 13.1. The molecule has 1 aliphatic heterocycles. The number of carbonyl (C=O) groups is 3. The van der Waals surface area contributed by atoms with Crippen LogP contribution >= 0.6 is 22.9 Å². The van der Waals surface area contributed by atoms with Crippen LogP contribution in [0.1, 0.15) is 62.1 Å². The van der Waals surface area contributed by atoms with Gasteiger partial charge in [-0.15, -0.1) is 11.3 Å². The number of rotatable bonds is 5. The molecule has 36 heavy (non-hydrogen) atoms. The van der Waals surface area contributed by atoms with Crippen LogP contribution in [-0.4, -0.2) is 32.7 Å². The number of fused-ring (bicyclic) bond motifs is 1. The van der Waals surface area contributed by atoms with Gasteiger partial charge in [0.05, 0.1) is 22.8 Å². The molecule has 0 unspecified atom stereocenters. The Morgan fingerprint density at radius 3 is 2.69 bits per heavy atom. The average molecular weight is 539 g/mol. The highest BCUT2D eigenvalue weighted by atomic mass is 35.5. The predicted octanol–water partition coefficient (Wildman–Crippen LogP) is 4.62. The van der Waals surface area contributed by atoms with Crippen LogP contribution < -0.4 is 16.0 Å². The van der Waals surface area contributed by atoms with Crippen molar-refractivity contribution in [3.63, 3.8) is 0 Å². The van der Waals surface area contributed by atoms with Gasteiger partial charge in [0, 0.05) is 17.7 Å². The minimum atomic E-state index is -4.67. The molecular weight excluding hydrogens is 521 g/mol. The maximum Gasteiger partial charge on any atom is 0.417 e. The van der Waals surface area contributed by atoms with Gasteiger partial charge in [-0.05, 0) is 38.0 Å². The van der Waals surface area contributed by atoms with Crippen molar-refractivity contribution in [2.75, 3.05) is 10.6 Å². The summed E-state index contributed by atoms with van der Waals surface area (Å²) in [6.07, 6.45) is -0.900. The number of aromatic nitrogens is 3. The van der Waals surface area contributed by atoms with Crippen molar-refractivity contribution in [3.05, 3.63) is 62.5 Å². The molecule has 3 N–H and O–H groups in total. The van der Waals surface area contributed by atoms with E-state index in [1.165, 1.54) is 18.6 Å². The second-order valence-electron chi connectivity index (χ2n) is 7.86. The molecule has 0 saturated heterocycles.